The van der Waals surface area contributed by atoms with Crippen molar-refractivity contribution >= 4 is 23.1 Å². The van der Waals surface area contributed by atoms with Crippen LogP contribution in [0.4, 0.5) is 23.1 Å². The standard InChI is InChI=1S/C20H28N6O2/c1-12-8-25(9-13(2)28-12)16-6-5-14(7-22-16)26-11-20(3,4)17-18(21)23-15(10-27)24-19(17)26/h5-7,12-13,27H,8-11H2,1-4H3,(H2,21,23,24)/t12-,13+. The van der Waals surface area contributed by atoms with Crippen LogP contribution >= 0.6 is 0 Å². The lowest BCUT2D eigenvalue weighted by atomic mass is 9.88. The molecule has 4 heterocycles. The molecule has 0 radical (unpaired) electrons. The van der Waals surface area contributed by atoms with Crippen molar-refractivity contribution < 1.29 is 9.84 Å². The van der Waals surface area contributed by atoms with Crippen molar-refractivity contribution in [2.75, 3.05) is 35.2 Å². The van der Waals surface area contributed by atoms with Crippen molar-refractivity contribution in [1.82, 2.24) is 15.0 Å². The van der Waals surface area contributed by atoms with Crippen LogP contribution in [0, 0.1) is 0 Å². The Morgan fingerprint density at radius 2 is 1.93 bits per heavy atom. The zero-order valence-corrected chi connectivity index (χ0v) is 16.9. The Balaban J connectivity index is 1.65. The largest absolute Gasteiger partial charge is 0.388 e. The number of aliphatic hydroxyl groups is 1. The van der Waals surface area contributed by atoms with Crippen LogP contribution < -0.4 is 15.5 Å². The Morgan fingerprint density at radius 3 is 2.54 bits per heavy atom. The van der Waals surface area contributed by atoms with E-state index in [0.29, 0.717) is 11.6 Å². The Bertz CT molecular complexity index is 860. The molecule has 0 unspecified atom stereocenters. The summed E-state index contributed by atoms with van der Waals surface area (Å²) in [5.74, 6) is 2.47. The minimum absolute atomic E-state index is 0.188. The van der Waals surface area contributed by atoms with Crippen molar-refractivity contribution in [3.63, 3.8) is 0 Å². The second-order valence-electron chi connectivity index (χ2n) is 8.39. The molecular weight excluding hydrogens is 356 g/mol. The summed E-state index contributed by atoms with van der Waals surface area (Å²) < 4.78 is 5.81. The molecule has 3 N–H and O–H groups in total. The first kappa shape index (κ1) is 18.9. The van der Waals surface area contributed by atoms with Crippen LogP contribution in [0.3, 0.4) is 0 Å². The van der Waals surface area contributed by atoms with E-state index >= 15 is 0 Å². The van der Waals surface area contributed by atoms with Gasteiger partial charge < -0.3 is 25.4 Å². The summed E-state index contributed by atoms with van der Waals surface area (Å²) in [6, 6.07) is 4.11. The quantitative estimate of drug-likeness (QED) is 0.829. The van der Waals surface area contributed by atoms with E-state index in [-0.39, 0.29) is 24.2 Å². The summed E-state index contributed by atoms with van der Waals surface area (Å²) in [4.78, 5) is 17.9. The molecule has 0 spiro atoms. The molecule has 2 aromatic heterocycles. The molecule has 1 fully saturated rings. The lowest BCUT2D eigenvalue weighted by molar-refractivity contribution is -0.00545. The molecule has 8 nitrogen and oxygen atoms in total. The SMILES string of the molecule is C[C@@H]1CN(c2ccc(N3CC(C)(C)c4c(N)nc(CO)nc43)cn2)C[C@H](C)O1. The predicted octanol–water partition coefficient (Wildman–Crippen LogP) is 1.99. The van der Waals surface area contributed by atoms with E-state index in [1.165, 1.54) is 0 Å². The van der Waals surface area contributed by atoms with Gasteiger partial charge in [0.15, 0.2) is 5.82 Å². The summed E-state index contributed by atoms with van der Waals surface area (Å²) >= 11 is 0. The first-order valence-electron chi connectivity index (χ1n) is 9.70. The van der Waals surface area contributed by atoms with Gasteiger partial charge in [0.05, 0.1) is 24.1 Å². The van der Waals surface area contributed by atoms with Gasteiger partial charge in [-0.2, -0.15) is 0 Å². The number of rotatable bonds is 3. The summed E-state index contributed by atoms with van der Waals surface area (Å²) in [5.41, 5.74) is 7.87. The number of anilines is 4. The van der Waals surface area contributed by atoms with Crippen LogP contribution in [0.15, 0.2) is 18.3 Å². The number of nitrogens with two attached hydrogens (primary N) is 1. The third-order valence-electron chi connectivity index (χ3n) is 5.38. The number of morpholine rings is 1. The van der Waals surface area contributed by atoms with E-state index < -0.39 is 0 Å². The highest BCUT2D eigenvalue weighted by Crippen LogP contribution is 2.45. The van der Waals surface area contributed by atoms with Crippen LogP contribution in [-0.4, -0.2) is 51.9 Å². The van der Waals surface area contributed by atoms with Gasteiger partial charge in [0.1, 0.15) is 24.1 Å². The monoisotopic (exact) mass is 384 g/mol. The molecule has 2 aliphatic heterocycles. The smallest absolute Gasteiger partial charge is 0.158 e. The van der Waals surface area contributed by atoms with Gasteiger partial charge in [-0.3, -0.25) is 0 Å². The van der Waals surface area contributed by atoms with E-state index in [1.54, 1.807) is 0 Å². The molecule has 2 atom stereocenters. The van der Waals surface area contributed by atoms with Gasteiger partial charge in [-0.25, -0.2) is 15.0 Å². The lowest BCUT2D eigenvalue weighted by Crippen LogP contribution is -2.45. The van der Waals surface area contributed by atoms with Gasteiger partial charge in [-0.15, -0.1) is 0 Å². The van der Waals surface area contributed by atoms with Crippen molar-refractivity contribution in [3.05, 3.63) is 29.7 Å². The van der Waals surface area contributed by atoms with E-state index in [1.807, 2.05) is 12.3 Å². The van der Waals surface area contributed by atoms with Crippen LogP contribution in [-0.2, 0) is 16.8 Å². The number of nitrogen functional groups attached to an aromatic ring is 1. The number of ether oxygens (including phenoxy) is 1. The molecule has 1 saturated heterocycles. The summed E-state index contributed by atoms with van der Waals surface area (Å²) in [6.07, 6.45) is 2.25. The molecule has 0 bridgehead atoms. The Morgan fingerprint density at radius 1 is 1.21 bits per heavy atom. The fourth-order valence-electron chi connectivity index (χ4n) is 4.28. The molecule has 150 valence electrons. The highest BCUT2D eigenvalue weighted by Gasteiger charge is 2.40. The number of hydrogen-bond donors (Lipinski definition) is 2. The normalized spacial score (nSPS) is 23.8. The number of aromatic nitrogens is 3. The second kappa shape index (κ2) is 6.86. The molecule has 2 aliphatic rings. The highest BCUT2D eigenvalue weighted by atomic mass is 16.5. The summed E-state index contributed by atoms with van der Waals surface area (Å²) in [5, 5.41) is 9.48. The second-order valence-corrected chi connectivity index (χ2v) is 8.39. The third-order valence-corrected chi connectivity index (χ3v) is 5.38. The summed E-state index contributed by atoms with van der Waals surface area (Å²) in [6.45, 7) is 10.6. The fraction of sp³-hybridized carbons (Fsp3) is 0.550. The topological polar surface area (TPSA) is 101 Å². The number of hydrogen-bond acceptors (Lipinski definition) is 8. The molecule has 0 amide bonds. The predicted molar refractivity (Wildman–Crippen MR) is 109 cm³/mol. The van der Waals surface area contributed by atoms with Crippen LogP contribution in [0.5, 0.6) is 0 Å². The average Bonchev–Trinajstić information content (AvgIpc) is 2.92. The molecule has 8 heteroatoms. The van der Waals surface area contributed by atoms with E-state index in [0.717, 1.165) is 42.5 Å². The van der Waals surface area contributed by atoms with Gasteiger partial charge >= 0.3 is 0 Å². The molecule has 2 aromatic rings. The van der Waals surface area contributed by atoms with Crippen LogP contribution in [0.1, 0.15) is 39.1 Å². The number of pyridine rings is 1. The zero-order chi connectivity index (χ0) is 20.1. The van der Waals surface area contributed by atoms with E-state index in [4.69, 9.17) is 15.5 Å². The number of fused-ring (bicyclic) bond motifs is 1. The van der Waals surface area contributed by atoms with Crippen molar-refractivity contribution in [2.24, 2.45) is 0 Å². The first-order chi connectivity index (χ1) is 13.3. The molecular formula is C20H28N6O2. The molecule has 28 heavy (non-hydrogen) atoms. The van der Waals surface area contributed by atoms with Crippen molar-refractivity contribution in [3.8, 4) is 0 Å². The first-order valence-corrected chi connectivity index (χ1v) is 9.70. The lowest BCUT2D eigenvalue weighted by Gasteiger charge is -2.36. The Hall–Kier alpha value is -2.45. The van der Waals surface area contributed by atoms with Gasteiger partial charge in [-0.05, 0) is 26.0 Å². The minimum Gasteiger partial charge on any atom is -0.388 e. The maximum Gasteiger partial charge on any atom is 0.158 e. The minimum atomic E-state index is -0.240. The average molecular weight is 384 g/mol. The molecule has 4 rings (SSSR count). The van der Waals surface area contributed by atoms with Gasteiger partial charge in [0.25, 0.3) is 0 Å². The van der Waals surface area contributed by atoms with E-state index in [2.05, 4.69) is 53.5 Å². The number of nitrogens with zero attached hydrogens (tertiary/aromatic N) is 5. The van der Waals surface area contributed by atoms with Crippen molar-refractivity contribution in [2.45, 2.75) is 51.9 Å². The number of aliphatic hydroxyl groups excluding tert-OH is 1. The zero-order valence-electron chi connectivity index (χ0n) is 16.9. The van der Waals surface area contributed by atoms with Gasteiger partial charge in [-0.1, -0.05) is 13.8 Å². The van der Waals surface area contributed by atoms with Gasteiger partial charge in [0, 0.05) is 30.6 Å². The maximum absolute atomic E-state index is 9.48. The van der Waals surface area contributed by atoms with Crippen LogP contribution in [0.2, 0.25) is 0 Å². The van der Waals surface area contributed by atoms with Crippen molar-refractivity contribution in [1.29, 1.82) is 0 Å². The van der Waals surface area contributed by atoms with Gasteiger partial charge in [0.2, 0.25) is 0 Å². The van der Waals surface area contributed by atoms with Crippen LogP contribution in [0.25, 0.3) is 0 Å². The summed E-state index contributed by atoms with van der Waals surface area (Å²) in [7, 11) is 0. The molecule has 0 saturated carbocycles. The fourth-order valence-corrected chi connectivity index (χ4v) is 4.28. The highest BCUT2D eigenvalue weighted by molar-refractivity contribution is 5.73. The molecule has 0 aliphatic carbocycles. The Kier molecular flexibility index (Phi) is 4.63. The maximum atomic E-state index is 9.48. The van der Waals surface area contributed by atoms with E-state index in [9.17, 15) is 5.11 Å². The third kappa shape index (κ3) is 3.27. The Labute approximate surface area is 165 Å². The molecule has 0 aromatic carbocycles.